The lowest BCUT2D eigenvalue weighted by Gasteiger charge is -2.07. The Labute approximate surface area is 170 Å². The highest BCUT2D eigenvalue weighted by molar-refractivity contribution is 6.49. The zero-order chi connectivity index (χ0) is 19.4. The Morgan fingerprint density at radius 3 is 1.74 bits per heavy atom. The largest absolute Gasteiger partial charge is 0.279 e. The van der Waals surface area contributed by atoms with Gasteiger partial charge in [0.05, 0.1) is 37.6 Å². The summed E-state index contributed by atoms with van der Waals surface area (Å²) in [6, 6.07) is 13.2. The summed E-state index contributed by atoms with van der Waals surface area (Å²) < 4.78 is 0. The monoisotopic (exact) mass is 416 g/mol. The van der Waals surface area contributed by atoms with E-state index in [0.29, 0.717) is 15.8 Å². The van der Waals surface area contributed by atoms with Crippen molar-refractivity contribution in [3.63, 3.8) is 0 Å². The molecule has 0 atom stereocenters. The fourth-order valence-corrected chi connectivity index (χ4v) is 2.92. The van der Waals surface area contributed by atoms with E-state index in [0.717, 1.165) is 0 Å². The number of amides is 2. The van der Waals surface area contributed by atoms with Gasteiger partial charge in [0.2, 0.25) is 0 Å². The number of rotatable bonds is 2. The molecule has 4 nitrogen and oxygen atoms in total. The molecule has 0 saturated carbocycles. The van der Waals surface area contributed by atoms with Crippen LogP contribution in [0.4, 0.5) is 0 Å². The van der Waals surface area contributed by atoms with E-state index in [2.05, 4.69) is 9.98 Å². The van der Waals surface area contributed by atoms with Gasteiger partial charge >= 0.3 is 0 Å². The van der Waals surface area contributed by atoms with Crippen molar-refractivity contribution < 1.29 is 9.59 Å². The van der Waals surface area contributed by atoms with Gasteiger partial charge in [-0.05, 0) is 42.5 Å². The minimum atomic E-state index is -0.515. The molecule has 0 N–H and O–H groups in total. The van der Waals surface area contributed by atoms with Crippen molar-refractivity contribution in [1.29, 1.82) is 0 Å². The van der Waals surface area contributed by atoms with E-state index in [4.69, 9.17) is 34.8 Å². The van der Waals surface area contributed by atoms with Crippen LogP contribution in [0.5, 0.6) is 0 Å². The summed E-state index contributed by atoms with van der Waals surface area (Å²) in [5, 5.41) is 0.803. The minimum absolute atomic E-state index is 0.184. The highest BCUT2D eigenvalue weighted by atomic mass is 35.5. The van der Waals surface area contributed by atoms with Gasteiger partial charge in [0, 0.05) is 0 Å². The molecule has 2 aromatic carbocycles. The Balaban J connectivity index is 1.83. The molecular weight excluding hydrogens is 407 g/mol. The van der Waals surface area contributed by atoms with Crippen LogP contribution < -0.4 is 0 Å². The number of carbonyl (C=O) groups is 2. The van der Waals surface area contributed by atoms with Gasteiger partial charge in [0.1, 0.15) is 0 Å². The molecule has 2 amide bonds. The molecule has 0 bridgehead atoms. The maximum absolute atomic E-state index is 12.3. The molecule has 0 aromatic heterocycles. The maximum Gasteiger partial charge on any atom is 0.279 e. The van der Waals surface area contributed by atoms with Gasteiger partial charge < -0.3 is 0 Å². The lowest BCUT2D eigenvalue weighted by molar-refractivity contribution is 0.0994. The van der Waals surface area contributed by atoms with Crippen LogP contribution >= 0.6 is 34.8 Å². The zero-order valence-electron chi connectivity index (χ0n) is 13.7. The third-order valence-electron chi connectivity index (χ3n) is 3.59. The molecule has 1 aliphatic carbocycles. The molecule has 2 aromatic rings. The number of hydrogen-bond donors (Lipinski definition) is 0. The molecule has 0 saturated heterocycles. The lowest BCUT2D eigenvalue weighted by Crippen LogP contribution is -2.09. The van der Waals surface area contributed by atoms with Crippen LogP contribution in [0.1, 0.15) is 20.7 Å². The summed E-state index contributed by atoms with van der Waals surface area (Å²) >= 11 is 18.2. The van der Waals surface area contributed by atoms with Gasteiger partial charge in [-0.25, -0.2) is 9.98 Å². The number of nitrogens with zero attached hydrogens (tertiary/aromatic N) is 2. The average molecular weight is 418 g/mol. The smallest absolute Gasteiger partial charge is 0.267 e. The molecule has 0 unspecified atom stereocenters. The van der Waals surface area contributed by atoms with Gasteiger partial charge in [0.15, 0.2) is 0 Å². The van der Waals surface area contributed by atoms with Gasteiger partial charge in [-0.3, -0.25) is 9.59 Å². The second-order valence-electron chi connectivity index (χ2n) is 5.43. The molecule has 27 heavy (non-hydrogen) atoms. The average Bonchev–Trinajstić information content (AvgIpc) is 2.64. The molecule has 7 heteroatoms. The number of aliphatic imine (C=N–C) groups is 2. The summed E-state index contributed by atoms with van der Waals surface area (Å²) in [4.78, 5) is 32.5. The Morgan fingerprint density at radius 2 is 1.22 bits per heavy atom. The predicted molar refractivity (Wildman–Crippen MR) is 110 cm³/mol. The predicted octanol–water partition coefficient (Wildman–Crippen LogP) is 5.55. The van der Waals surface area contributed by atoms with Crippen LogP contribution in [0, 0.1) is 0 Å². The van der Waals surface area contributed by atoms with Crippen LogP contribution in [0.15, 0.2) is 81.8 Å². The number of halogens is 3. The molecule has 0 aliphatic heterocycles. The van der Waals surface area contributed by atoms with Gasteiger partial charge in [0.25, 0.3) is 11.8 Å². The van der Waals surface area contributed by atoms with E-state index in [1.54, 1.807) is 54.6 Å². The topological polar surface area (TPSA) is 58.9 Å². The summed E-state index contributed by atoms with van der Waals surface area (Å²) in [6.45, 7) is 0. The first kappa shape index (κ1) is 19.2. The summed E-state index contributed by atoms with van der Waals surface area (Å²) in [6.07, 6.45) is 4.50. The third-order valence-corrected chi connectivity index (χ3v) is 4.55. The van der Waals surface area contributed by atoms with E-state index < -0.39 is 11.8 Å². The number of hydrogen-bond acceptors (Lipinski definition) is 2. The number of carbonyl (C=O) groups excluding carboxylic acids is 2. The molecule has 3 rings (SSSR count). The van der Waals surface area contributed by atoms with Crippen molar-refractivity contribution in [2.45, 2.75) is 0 Å². The number of allylic oxidation sites excluding steroid dienone is 4. The third kappa shape index (κ3) is 4.61. The first-order valence-corrected chi connectivity index (χ1v) is 8.90. The minimum Gasteiger partial charge on any atom is -0.267 e. The van der Waals surface area contributed by atoms with Crippen molar-refractivity contribution in [2.75, 3.05) is 0 Å². The highest BCUT2D eigenvalue weighted by Gasteiger charge is 2.15. The van der Waals surface area contributed by atoms with Crippen LogP contribution in [0.25, 0.3) is 0 Å². The first-order valence-electron chi connectivity index (χ1n) is 7.76. The second-order valence-corrected chi connectivity index (χ2v) is 6.65. The van der Waals surface area contributed by atoms with E-state index >= 15 is 0 Å². The quantitative estimate of drug-likeness (QED) is 0.602. The fraction of sp³-hybridized carbons (Fsp3) is 0. The van der Waals surface area contributed by atoms with Crippen LogP contribution in [0.2, 0.25) is 10.0 Å². The second kappa shape index (κ2) is 8.44. The SMILES string of the molecule is O=C(N=C1C=CC(=NC(=O)c2ccccc2Cl)C(Cl)=C1)c1ccccc1Cl. The molecule has 0 radical (unpaired) electrons. The van der Waals surface area contributed by atoms with Gasteiger partial charge in [-0.1, -0.05) is 59.1 Å². The Bertz CT molecular complexity index is 1050. The first-order chi connectivity index (χ1) is 13.0. The normalized spacial score (nSPS) is 16.5. The van der Waals surface area contributed by atoms with Crippen LogP contribution in [0.3, 0.4) is 0 Å². The van der Waals surface area contributed by atoms with Crippen molar-refractivity contribution in [1.82, 2.24) is 0 Å². The summed E-state index contributed by atoms with van der Waals surface area (Å²) in [7, 11) is 0. The fourth-order valence-electron chi connectivity index (χ4n) is 2.27. The lowest BCUT2D eigenvalue weighted by atomic mass is 10.1. The van der Waals surface area contributed by atoms with E-state index in [1.165, 1.54) is 12.2 Å². The molecular formula is C20H11Cl3N2O2. The van der Waals surface area contributed by atoms with E-state index in [1.807, 2.05) is 0 Å². The Hall–Kier alpha value is -2.53. The van der Waals surface area contributed by atoms with Crippen molar-refractivity contribution in [3.8, 4) is 0 Å². The molecule has 134 valence electrons. The number of benzene rings is 2. The standard InChI is InChI=1S/C20H11Cl3N2O2/c21-15-7-3-1-5-13(15)19(26)24-12-9-10-18(17(23)11-12)25-20(27)14-6-2-4-8-16(14)22/h1-11H. The Morgan fingerprint density at radius 1 is 0.704 bits per heavy atom. The van der Waals surface area contributed by atoms with Crippen molar-refractivity contribution in [3.05, 3.63) is 93.0 Å². The van der Waals surface area contributed by atoms with Gasteiger partial charge in [-0.2, -0.15) is 0 Å². The van der Waals surface area contributed by atoms with Crippen molar-refractivity contribution >= 4 is 58.0 Å². The van der Waals surface area contributed by atoms with Gasteiger partial charge in [-0.15, -0.1) is 0 Å². The summed E-state index contributed by atoms with van der Waals surface area (Å²) in [5.41, 5.74) is 1.15. The molecule has 0 spiro atoms. The summed E-state index contributed by atoms with van der Waals surface area (Å²) in [5.74, 6) is -1.01. The van der Waals surface area contributed by atoms with Crippen molar-refractivity contribution in [2.24, 2.45) is 9.98 Å². The van der Waals surface area contributed by atoms with Crippen LogP contribution in [-0.2, 0) is 0 Å². The van der Waals surface area contributed by atoms with E-state index in [-0.39, 0.29) is 21.9 Å². The molecule has 0 fully saturated rings. The molecule has 0 heterocycles. The van der Waals surface area contributed by atoms with Crippen LogP contribution in [-0.4, -0.2) is 23.2 Å². The Kier molecular flexibility index (Phi) is 6.01. The molecule has 1 aliphatic rings. The van der Waals surface area contributed by atoms with E-state index in [9.17, 15) is 9.59 Å². The highest BCUT2D eigenvalue weighted by Crippen LogP contribution is 2.20. The maximum atomic E-state index is 12.3. The zero-order valence-corrected chi connectivity index (χ0v) is 16.0.